The zero-order valence-electron chi connectivity index (χ0n) is 16.5. The molecule has 3 aromatic rings. The van der Waals surface area contributed by atoms with E-state index in [1.807, 2.05) is 30.3 Å². The first kappa shape index (κ1) is 22.8. The minimum atomic E-state index is -3.77. The van der Waals surface area contributed by atoms with Gasteiger partial charge in [0.15, 0.2) is 5.65 Å². The Labute approximate surface area is 185 Å². The molecule has 2 aromatic heterocycles. The molecule has 1 aromatic carbocycles. The van der Waals surface area contributed by atoms with Crippen LogP contribution in [0.5, 0.6) is 5.88 Å². The molecule has 0 saturated carbocycles. The van der Waals surface area contributed by atoms with E-state index >= 15 is 0 Å². The number of primary sulfonamides is 1. The summed E-state index contributed by atoms with van der Waals surface area (Å²) < 4.78 is 36.1. The quantitative estimate of drug-likeness (QED) is 0.556. The summed E-state index contributed by atoms with van der Waals surface area (Å²) in [7, 11) is -3.77. The largest absolute Gasteiger partial charge is 0.476 e. The second-order valence-corrected chi connectivity index (χ2v) is 9.01. The Morgan fingerprint density at radius 1 is 1.16 bits per heavy atom. The summed E-state index contributed by atoms with van der Waals surface area (Å²) in [6, 6.07) is 12.7. The lowest BCUT2D eigenvalue weighted by Gasteiger charge is -2.48. The summed E-state index contributed by atoms with van der Waals surface area (Å²) in [4.78, 5) is 17.8. The standard InChI is InChI=1S/C19H21N5O5S.ClH/c20-30(26,27)14-19(13-29-17-7-6-16-21-8-9-24(16)22-17)11-23(12-19)18(25)28-10-15-4-2-1-3-5-15;/h1-9H,10-14H2,(H2,20,26,27);1H. The van der Waals surface area contributed by atoms with Crippen LogP contribution in [0.25, 0.3) is 5.65 Å². The molecule has 0 aliphatic carbocycles. The van der Waals surface area contributed by atoms with Gasteiger partial charge in [0.1, 0.15) is 13.2 Å². The van der Waals surface area contributed by atoms with Gasteiger partial charge in [-0.05, 0) is 11.6 Å². The molecule has 3 heterocycles. The van der Waals surface area contributed by atoms with Gasteiger partial charge >= 0.3 is 6.09 Å². The van der Waals surface area contributed by atoms with Crippen molar-refractivity contribution in [2.45, 2.75) is 6.61 Å². The maximum atomic E-state index is 12.3. The monoisotopic (exact) mass is 467 g/mol. The van der Waals surface area contributed by atoms with Crippen molar-refractivity contribution >= 4 is 34.2 Å². The fraction of sp³-hybridized carbons (Fsp3) is 0.316. The van der Waals surface area contributed by atoms with Gasteiger partial charge in [0.25, 0.3) is 0 Å². The van der Waals surface area contributed by atoms with Crippen molar-refractivity contribution < 1.29 is 22.7 Å². The van der Waals surface area contributed by atoms with E-state index in [1.54, 1.807) is 29.0 Å². The third-order valence-corrected chi connectivity index (χ3v) is 5.79. The van der Waals surface area contributed by atoms with Gasteiger partial charge in [-0.25, -0.2) is 27.9 Å². The molecule has 31 heavy (non-hydrogen) atoms. The minimum absolute atomic E-state index is 0. The summed E-state index contributed by atoms with van der Waals surface area (Å²) >= 11 is 0. The Morgan fingerprint density at radius 2 is 1.90 bits per heavy atom. The highest BCUT2D eigenvalue weighted by Crippen LogP contribution is 2.33. The Bertz CT molecular complexity index is 1150. The van der Waals surface area contributed by atoms with Gasteiger partial charge in [-0.3, -0.25) is 0 Å². The van der Waals surface area contributed by atoms with Crippen LogP contribution in [0.15, 0.2) is 54.9 Å². The van der Waals surface area contributed by atoms with Crippen LogP contribution in [0.3, 0.4) is 0 Å². The lowest BCUT2D eigenvalue weighted by atomic mass is 9.83. The Hall–Kier alpha value is -2.89. The number of fused-ring (bicyclic) bond motifs is 1. The van der Waals surface area contributed by atoms with Crippen molar-refractivity contribution in [3.8, 4) is 5.88 Å². The highest BCUT2D eigenvalue weighted by atomic mass is 35.5. The fourth-order valence-electron chi connectivity index (χ4n) is 3.46. The molecule has 2 N–H and O–H groups in total. The number of carbonyl (C=O) groups excluding carboxylic acids is 1. The van der Waals surface area contributed by atoms with Crippen LogP contribution >= 0.6 is 12.4 Å². The van der Waals surface area contributed by atoms with Gasteiger partial charge in [0, 0.05) is 31.5 Å². The third kappa shape index (κ3) is 5.63. The summed E-state index contributed by atoms with van der Waals surface area (Å²) in [5.74, 6) is 0.00915. The number of likely N-dealkylation sites (tertiary alicyclic amines) is 1. The summed E-state index contributed by atoms with van der Waals surface area (Å²) in [5.41, 5.74) is 0.703. The Kier molecular flexibility index (Phi) is 6.68. The van der Waals surface area contributed by atoms with E-state index in [4.69, 9.17) is 14.6 Å². The van der Waals surface area contributed by atoms with E-state index in [-0.39, 0.29) is 44.5 Å². The Balaban J connectivity index is 0.00000272. The van der Waals surface area contributed by atoms with Crippen molar-refractivity contribution in [3.05, 3.63) is 60.4 Å². The molecule has 1 amide bonds. The molecule has 0 bridgehead atoms. The van der Waals surface area contributed by atoms with Crippen LogP contribution in [-0.2, 0) is 21.4 Å². The van der Waals surface area contributed by atoms with Gasteiger partial charge in [0.05, 0.1) is 11.2 Å². The van der Waals surface area contributed by atoms with E-state index in [0.29, 0.717) is 11.5 Å². The first-order valence-corrected chi connectivity index (χ1v) is 10.9. The first-order valence-electron chi connectivity index (χ1n) is 9.21. The van der Waals surface area contributed by atoms with Crippen LogP contribution in [0.2, 0.25) is 0 Å². The smallest absolute Gasteiger partial charge is 0.410 e. The Morgan fingerprint density at radius 3 is 2.61 bits per heavy atom. The highest BCUT2D eigenvalue weighted by molar-refractivity contribution is 7.89. The number of halogens is 1. The molecule has 0 radical (unpaired) electrons. The van der Waals surface area contributed by atoms with Crippen LogP contribution in [0.4, 0.5) is 4.79 Å². The minimum Gasteiger partial charge on any atom is -0.476 e. The molecule has 0 unspecified atom stereocenters. The molecular weight excluding hydrogens is 446 g/mol. The molecule has 1 fully saturated rings. The van der Waals surface area contributed by atoms with Crippen LogP contribution in [0, 0.1) is 5.41 Å². The van der Waals surface area contributed by atoms with E-state index < -0.39 is 21.5 Å². The zero-order valence-corrected chi connectivity index (χ0v) is 18.1. The summed E-state index contributed by atoms with van der Waals surface area (Å²) in [6.07, 6.45) is 2.78. The molecule has 4 rings (SSSR count). The van der Waals surface area contributed by atoms with E-state index in [0.717, 1.165) is 5.56 Å². The second-order valence-electron chi connectivity index (χ2n) is 7.39. The number of nitrogens with zero attached hydrogens (tertiary/aromatic N) is 4. The second kappa shape index (κ2) is 9.08. The van der Waals surface area contributed by atoms with Gasteiger partial charge in [-0.1, -0.05) is 30.3 Å². The van der Waals surface area contributed by atoms with Crippen LogP contribution in [-0.4, -0.2) is 59.5 Å². The predicted molar refractivity (Wildman–Crippen MR) is 114 cm³/mol. The number of hydrogen-bond donors (Lipinski definition) is 1. The zero-order chi connectivity index (χ0) is 21.2. The van der Waals surface area contributed by atoms with Gasteiger partial charge in [-0.2, -0.15) is 0 Å². The molecule has 166 valence electrons. The molecule has 1 saturated heterocycles. The molecule has 12 heteroatoms. The summed E-state index contributed by atoms with van der Waals surface area (Å²) in [5, 5.41) is 9.53. The van der Waals surface area contributed by atoms with Gasteiger partial charge in [-0.15, -0.1) is 17.5 Å². The van der Waals surface area contributed by atoms with Crippen LogP contribution < -0.4 is 9.88 Å². The maximum absolute atomic E-state index is 12.3. The molecule has 1 aliphatic heterocycles. The van der Waals surface area contributed by atoms with E-state index in [1.165, 1.54) is 4.90 Å². The molecule has 0 spiro atoms. The lowest BCUT2D eigenvalue weighted by molar-refractivity contribution is -0.0194. The number of carbonyl (C=O) groups is 1. The number of hydrogen-bond acceptors (Lipinski definition) is 7. The maximum Gasteiger partial charge on any atom is 0.410 e. The predicted octanol–water partition coefficient (Wildman–Crippen LogP) is 1.46. The normalized spacial score (nSPS) is 15.1. The number of ether oxygens (including phenoxy) is 2. The fourth-order valence-corrected chi connectivity index (χ4v) is 4.58. The van der Waals surface area contributed by atoms with E-state index in [9.17, 15) is 13.2 Å². The molecule has 0 atom stereocenters. The average molecular weight is 468 g/mol. The van der Waals surface area contributed by atoms with E-state index in [2.05, 4.69) is 10.1 Å². The number of aromatic nitrogens is 3. The first-order chi connectivity index (χ1) is 14.3. The highest BCUT2D eigenvalue weighted by Gasteiger charge is 2.49. The number of amides is 1. The van der Waals surface area contributed by atoms with Crippen molar-refractivity contribution in [1.29, 1.82) is 0 Å². The number of sulfonamides is 1. The van der Waals surface area contributed by atoms with Crippen LogP contribution in [0.1, 0.15) is 5.56 Å². The van der Waals surface area contributed by atoms with Gasteiger partial charge < -0.3 is 14.4 Å². The number of nitrogens with two attached hydrogens (primary N) is 1. The molecule has 10 nitrogen and oxygen atoms in total. The average Bonchev–Trinajstić information content (AvgIpc) is 3.15. The van der Waals surface area contributed by atoms with Crippen molar-refractivity contribution in [2.24, 2.45) is 10.6 Å². The summed E-state index contributed by atoms with van der Waals surface area (Å²) in [6.45, 7) is 0.498. The topological polar surface area (TPSA) is 129 Å². The number of benzene rings is 1. The number of rotatable bonds is 7. The molecule has 1 aliphatic rings. The van der Waals surface area contributed by atoms with Gasteiger partial charge in [0.2, 0.25) is 15.9 Å². The molecular formula is C19H22ClN5O5S. The van der Waals surface area contributed by atoms with Crippen molar-refractivity contribution in [2.75, 3.05) is 25.4 Å². The third-order valence-electron chi connectivity index (χ3n) is 4.78. The number of imidazole rings is 1. The van der Waals surface area contributed by atoms with Crippen molar-refractivity contribution in [3.63, 3.8) is 0 Å². The van der Waals surface area contributed by atoms with Crippen molar-refractivity contribution in [1.82, 2.24) is 19.5 Å². The SMILES string of the molecule is Cl.NS(=O)(=O)CC1(COc2ccc3nccn3n2)CN(C(=O)OCc2ccccc2)C1. The lowest BCUT2D eigenvalue weighted by Crippen LogP contribution is -2.64.